The predicted molar refractivity (Wildman–Crippen MR) is 105 cm³/mol. The summed E-state index contributed by atoms with van der Waals surface area (Å²) in [6.45, 7) is 4.78. The summed E-state index contributed by atoms with van der Waals surface area (Å²) in [6, 6.07) is 8.64. The molecule has 0 radical (unpaired) electrons. The van der Waals surface area contributed by atoms with Gasteiger partial charge < -0.3 is 15.0 Å². The third-order valence-electron chi connectivity index (χ3n) is 3.42. The van der Waals surface area contributed by atoms with Gasteiger partial charge in [-0.25, -0.2) is 0 Å². The third-order valence-corrected chi connectivity index (χ3v) is 3.42. The van der Waals surface area contributed by atoms with Crippen LogP contribution in [-0.2, 0) is 11.3 Å². The molecule has 1 aromatic rings. The van der Waals surface area contributed by atoms with Gasteiger partial charge in [-0.2, -0.15) is 0 Å². The normalized spacial score (nSPS) is 11.0. The average Bonchev–Trinajstić information content (AvgIpc) is 2.49. The van der Waals surface area contributed by atoms with Crippen LogP contribution in [0.2, 0.25) is 0 Å². The van der Waals surface area contributed by atoms with E-state index in [2.05, 4.69) is 53.4 Å². The van der Waals surface area contributed by atoms with E-state index in [1.807, 2.05) is 7.05 Å². The van der Waals surface area contributed by atoms with Gasteiger partial charge in [0.05, 0.1) is 0 Å². The van der Waals surface area contributed by atoms with E-state index in [0.717, 1.165) is 38.5 Å². The first kappa shape index (κ1) is 21.2. The van der Waals surface area contributed by atoms with Gasteiger partial charge in [0, 0.05) is 40.9 Å². The van der Waals surface area contributed by atoms with Crippen molar-refractivity contribution in [2.75, 3.05) is 34.4 Å². The van der Waals surface area contributed by atoms with Gasteiger partial charge in [0.2, 0.25) is 0 Å². The van der Waals surface area contributed by atoms with E-state index in [9.17, 15) is 0 Å². The quantitative estimate of drug-likeness (QED) is 0.304. The van der Waals surface area contributed by atoms with E-state index < -0.39 is 0 Å². The number of methoxy groups -OCH3 is 1. The lowest BCUT2D eigenvalue weighted by Gasteiger charge is -2.22. The molecule has 1 aromatic carbocycles. The molecule has 0 amide bonds. The number of benzene rings is 1. The summed E-state index contributed by atoms with van der Waals surface area (Å²) >= 11 is 0. The molecule has 1 N–H and O–H groups in total. The predicted octanol–water partition coefficient (Wildman–Crippen LogP) is 3.44. The number of aliphatic imine (C=N–C) groups is 1. The van der Waals surface area contributed by atoms with Crippen LogP contribution in [0.25, 0.3) is 0 Å². The van der Waals surface area contributed by atoms with Crippen molar-refractivity contribution in [3.63, 3.8) is 0 Å². The van der Waals surface area contributed by atoms with Crippen molar-refractivity contribution in [1.29, 1.82) is 0 Å². The molecule has 126 valence electrons. The van der Waals surface area contributed by atoms with Crippen LogP contribution in [0.15, 0.2) is 29.3 Å². The highest BCUT2D eigenvalue weighted by Crippen LogP contribution is 2.06. The summed E-state index contributed by atoms with van der Waals surface area (Å²) in [5.41, 5.74) is 2.59. The molecule has 22 heavy (non-hydrogen) atoms. The van der Waals surface area contributed by atoms with Crippen molar-refractivity contribution in [2.45, 2.75) is 32.7 Å². The van der Waals surface area contributed by atoms with Crippen molar-refractivity contribution < 1.29 is 4.74 Å². The van der Waals surface area contributed by atoms with Crippen molar-refractivity contribution in [3.8, 4) is 0 Å². The average molecular weight is 419 g/mol. The number of unbranched alkanes of at least 4 members (excludes halogenated alkanes) is 2. The summed E-state index contributed by atoms with van der Waals surface area (Å²) in [4.78, 5) is 6.50. The number of guanidine groups is 1. The molecule has 0 heterocycles. The van der Waals surface area contributed by atoms with Crippen molar-refractivity contribution in [3.05, 3.63) is 35.4 Å². The second-order valence-electron chi connectivity index (χ2n) is 5.37. The molecular weight excluding hydrogens is 389 g/mol. The van der Waals surface area contributed by atoms with E-state index >= 15 is 0 Å². The molecule has 0 atom stereocenters. The topological polar surface area (TPSA) is 36.9 Å². The smallest absolute Gasteiger partial charge is 0.193 e. The first-order chi connectivity index (χ1) is 10.2. The van der Waals surface area contributed by atoms with Crippen molar-refractivity contribution in [1.82, 2.24) is 10.2 Å². The van der Waals surface area contributed by atoms with Gasteiger partial charge in [0.25, 0.3) is 0 Å². The minimum atomic E-state index is 0. The minimum absolute atomic E-state index is 0. The molecule has 0 fully saturated rings. The van der Waals surface area contributed by atoms with Crippen LogP contribution in [0, 0.1) is 6.92 Å². The number of aryl methyl sites for hydroxylation is 1. The Morgan fingerprint density at radius 3 is 2.45 bits per heavy atom. The van der Waals surface area contributed by atoms with E-state index in [1.165, 1.54) is 17.5 Å². The van der Waals surface area contributed by atoms with Crippen molar-refractivity contribution >= 4 is 29.9 Å². The Morgan fingerprint density at radius 1 is 1.18 bits per heavy atom. The lowest BCUT2D eigenvalue weighted by Crippen LogP contribution is -2.38. The van der Waals surface area contributed by atoms with Crippen molar-refractivity contribution in [2.24, 2.45) is 4.99 Å². The molecule has 0 unspecified atom stereocenters. The SMILES string of the molecule is CN=C(NCCCCCOC)N(C)Cc1ccc(C)cc1.I. The van der Waals surface area contributed by atoms with Gasteiger partial charge in [0.15, 0.2) is 5.96 Å². The summed E-state index contributed by atoms with van der Waals surface area (Å²) in [7, 11) is 5.65. The number of halogens is 1. The highest BCUT2D eigenvalue weighted by molar-refractivity contribution is 14.0. The Hall–Kier alpha value is -0.820. The highest BCUT2D eigenvalue weighted by atomic mass is 127. The van der Waals surface area contributed by atoms with Crippen LogP contribution in [-0.4, -0.2) is 45.2 Å². The Labute approximate surface area is 152 Å². The lowest BCUT2D eigenvalue weighted by atomic mass is 10.1. The number of nitrogens with one attached hydrogen (secondary N) is 1. The summed E-state index contributed by atoms with van der Waals surface area (Å²) in [5, 5.41) is 3.41. The Kier molecular flexibility index (Phi) is 12.2. The molecular formula is C17H30IN3O. The third kappa shape index (κ3) is 8.58. The maximum Gasteiger partial charge on any atom is 0.193 e. The Morgan fingerprint density at radius 2 is 1.86 bits per heavy atom. The molecule has 1 rings (SSSR count). The molecule has 0 aliphatic carbocycles. The second-order valence-corrected chi connectivity index (χ2v) is 5.37. The highest BCUT2D eigenvalue weighted by Gasteiger charge is 2.05. The number of rotatable bonds is 8. The Bertz CT molecular complexity index is 420. The number of hydrogen-bond donors (Lipinski definition) is 1. The first-order valence-electron chi connectivity index (χ1n) is 7.63. The fourth-order valence-electron chi connectivity index (χ4n) is 2.18. The number of hydrogen-bond acceptors (Lipinski definition) is 2. The van der Waals surface area contributed by atoms with Gasteiger partial charge in [-0.1, -0.05) is 29.8 Å². The van der Waals surface area contributed by atoms with Crippen LogP contribution in [0.3, 0.4) is 0 Å². The zero-order valence-electron chi connectivity index (χ0n) is 14.3. The second kappa shape index (κ2) is 12.7. The summed E-state index contributed by atoms with van der Waals surface area (Å²) in [6.07, 6.45) is 3.44. The number of nitrogens with zero attached hydrogens (tertiary/aromatic N) is 2. The molecule has 0 aliphatic rings. The first-order valence-corrected chi connectivity index (χ1v) is 7.63. The fourth-order valence-corrected chi connectivity index (χ4v) is 2.18. The lowest BCUT2D eigenvalue weighted by molar-refractivity contribution is 0.192. The largest absolute Gasteiger partial charge is 0.385 e. The van der Waals surface area contributed by atoms with Gasteiger partial charge in [0.1, 0.15) is 0 Å². The number of ether oxygens (including phenoxy) is 1. The monoisotopic (exact) mass is 419 g/mol. The maximum atomic E-state index is 5.05. The van der Waals surface area contributed by atoms with Gasteiger partial charge in [-0.15, -0.1) is 24.0 Å². The molecule has 0 spiro atoms. The molecule has 0 saturated carbocycles. The summed E-state index contributed by atoms with van der Waals surface area (Å²) < 4.78 is 5.05. The fraction of sp³-hybridized carbons (Fsp3) is 0.588. The van der Waals surface area contributed by atoms with E-state index in [1.54, 1.807) is 7.11 Å². The molecule has 0 bridgehead atoms. The molecule has 0 aromatic heterocycles. The minimum Gasteiger partial charge on any atom is -0.385 e. The molecule has 0 aliphatic heterocycles. The van der Waals surface area contributed by atoms with Crippen LogP contribution in [0.4, 0.5) is 0 Å². The van der Waals surface area contributed by atoms with Crippen LogP contribution in [0.1, 0.15) is 30.4 Å². The van der Waals surface area contributed by atoms with Gasteiger partial charge in [-0.3, -0.25) is 4.99 Å². The van der Waals surface area contributed by atoms with E-state index in [-0.39, 0.29) is 24.0 Å². The van der Waals surface area contributed by atoms with Gasteiger partial charge in [-0.05, 0) is 31.7 Å². The zero-order valence-corrected chi connectivity index (χ0v) is 16.6. The molecule has 5 heteroatoms. The van der Waals surface area contributed by atoms with E-state index in [0.29, 0.717) is 0 Å². The Balaban J connectivity index is 0.00000441. The standard InChI is InChI=1S/C17H29N3O.HI/c1-15-8-10-16(11-9-15)14-20(3)17(18-2)19-12-6-5-7-13-21-4;/h8-11H,5-7,12-14H2,1-4H3,(H,18,19);1H. The van der Waals surface area contributed by atoms with Gasteiger partial charge >= 0.3 is 0 Å². The molecule has 4 nitrogen and oxygen atoms in total. The zero-order chi connectivity index (χ0) is 15.5. The maximum absolute atomic E-state index is 5.05. The molecule has 0 saturated heterocycles. The van der Waals surface area contributed by atoms with Crippen LogP contribution >= 0.6 is 24.0 Å². The van der Waals surface area contributed by atoms with Crippen LogP contribution < -0.4 is 5.32 Å². The van der Waals surface area contributed by atoms with Crippen LogP contribution in [0.5, 0.6) is 0 Å². The summed E-state index contributed by atoms with van der Waals surface area (Å²) in [5.74, 6) is 0.947. The van der Waals surface area contributed by atoms with E-state index in [4.69, 9.17) is 4.74 Å².